The highest BCUT2D eigenvalue weighted by atomic mass is 16.2. The fraction of sp³-hybridized carbons (Fsp3) is 0.655. The van der Waals surface area contributed by atoms with Gasteiger partial charge in [-0.3, -0.25) is 9.59 Å². The Balaban J connectivity index is 1.43. The van der Waals surface area contributed by atoms with Crippen LogP contribution in [0.15, 0.2) is 30.3 Å². The van der Waals surface area contributed by atoms with Crippen LogP contribution in [0.25, 0.3) is 10.9 Å². The van der Waals surface area contributed by atoms with Crippen LogP contribution in [0.4, 0.5) is 0 Å². The Hall–Kier alpha value is -2.30. The minimum Gasteiger partial charge on any atom is -0.345 e. The van der Waals surface area contributed by atoms with Crippen LogP contribution < -0.4 is 0 Å². The number of benzene rings is 1. The molecule has 1 aromatic carbocycles. The van der Waals surface area contributed by atoms with Crippen molar-refractivity contribution in [2.75, 3.05) is 13.1 Å². The summed E-state index contributed by atoms with van der Waals surface area (Å²) < 4.78 is 2.41. The molecule has 0 aliphatic carbocycles. The Labute approximate surface area is 205 Å². The van der Waals surface area contributed by atoms with Gasteiger partial charge in [0.05, 0.1) is 0 Å². The molecule has 0 unspecified atom stereocenters. The number of fused-ring (bicyclic) bond motifs is 1. The number of nitrogens with zero attached hydrogens (tertiary/aromatic N) is 3. The van der Waals surface area contributed by atoms with E-state index in [0.717, 1.165) is 83.8 Å². The van der Waals surface area contributed by atoms with E-state index >= 15 is 0 Å². The Morgan fingerprint density at radius 2 is 1.68 bits per heavy atom. The molecule has 2 saturated heterocycles. The van der Waals surface area contributed by atoms with Gasteiger partial charge in [-0.05, 0) is 75.8 Å². The molecule has 186 valence electrons. The van der Waals surface area contributed by atoms with Crippen LogP contribution in [0.2, 0.25) is 0 Å². The van der Waals surface area contributed by atoms with Crippen molar-refractivity contribution in [3.63, 3.8) is 0 Å². The predicted octanol–water partition coefficient (Wildman–Crippen LogP) is 5.79. The molecule has 2 amide bonds. The summed E-state index contributed by atoms with van der Waals surface area (Å²) in [4.78, 5) is 31.1. The van der Waals surface area contributed by atoms with Crippen molar-refractivity contribution in [1.82, 2.24) is 14.4 Å². The quantitative estimate of drug-likeness (QED) is 0.446. The first-order valence-corrected chi connectivity index (χ1v) is 13.8. The predicted molar refractivity (Wildman–Crippen MR) is 139 cm³/mol. The lowest BCUT2D eigenvalue weighted by molar-refractivity contribution is -0.146. The molecule has 2 fully saturated rings. The summed E-state index contributed by atoms with van der Waals surface area (Å²) in [6.07, 6.45) is 9.80. The Morgan fingerprint density at radius 1 is 0.971 bits per heavy atom. The number of rotatable bonds is 10. The fourth-order valence-corrected chi connectivity index (χ4v) is 6.39. The highest BCUT2D eigenvalue weighted by molar-refractivity contribution is 5.89. The highest BCUT2D eigenvalue weighted by Gasteiger charge is 2.41. The summed E-state index contributed by atoms with van der Waals surface area (Å²) in [5.41, 5.74) is 2.66. The average molecular weight is 466 g/mol. The van der Waals surface area contributed by atoms with E-state index in [1.165, 1.54) is 16.6 Å². The van der Waals surface area contributed by atoms with Crippen molar-refractivity contribution in [2.24, 2.45) is 5.92 Å². The second-order valence-corrected chi connectivity index (χ2v) is 10.3. The van der Waals surface area contributed by atoms with Gasteiger partial charge in [-0.1, -0.05) is 44.9 Å². The zero-order valence-electron chi connectivity index (χ0n) is 21.5. The van der Waals surface area contributed by atoms with Gasteiger partial charge in [0.25, 0.3) is 0 Å². The molecule has 3 heterocycles. The van der Waals surface area contributed by atoms with Gasteiger partial charge >= 0.3 is 0 Å². The maximum Gasteiger partial charge on any atom is 0.245 e. The minimum absolute atomic E-state index is 0.0775. The Morgan fingerprint density at radius 3 is 2.41 bits per heavy atom. The Bertz CT molecular complexity index is 975. The molecule has 0 N–H and O–H groups in total. The molecule has 5 heteroatoms. The zero-order valence-corrected chi connectivity index (χ0v) is 21.5. The second kappa shape index (κ2) is 11.4. The van der Waals surface area contributed by atoms with E-state index in [2.05, 4.69) is 60.6 Å². The fourth-order valence-electron chi connectivity index (χ4n) is 6.39. The highest BCUT2D eigenvalue weighted by Crippen LogP contribution is 2.30. The third kappa shape index (κ3) is 5.04. The number of hydrogen-bond acceptors (Lipinski definition) is 2. The molecule has 1 aromatic heterocycles. The zero-order chi connectivity index (χ0) is 24.1. The van der Waals surface area contributed by atoms with E-state index in [-0.39, 0.29) is 29.8 Å². The number of amides is 2. The number of aromatic nitrogens is 1. The molecular weight excluding hydrogens is 422 g/mol. The van der Waals surface area contributed by atoms with Crippen molar-refractivity contribution >= 4 is 22.7 Å². The van der Waals surface area contributed by atoms with Gasteiger partial charge in [0.15, 0.2) is 0 Å². The van der Waals surface area contributed by atoms with Gasteiger partial charge in [0.1, 0.15) is 6.04 Å². The van der Waals surface area contributed by atoms with E-state index < -0.39 is 0 Å². The van der Waals surface area contributed by atoms with E-state index in [0.29, 0.717) is 0 Å². The van der Waals surface area contributed by atoms with Gasteiger partial charge in [-0.2, -0.15) is 0 Å². The van der Waals surface area contributed by atoms with Crippen LogP contribution in [0.5, 0.6) is 0 Å². The number of aryl methyl sites for hydroxylation is 2. The summed E-state index contributed by atoms with van der Waals surface area (Å²) in [6.45, 7) is 9.05. The van der Waals surface area contributed by atoms with Gasteiger partial charge in [0, 0.05) is 42.8 Å². The van der Waals surface area contributed by atoms with Gasteiger partial charge in [-0.15, -0.1) is 0 Å². The first-order valence-electron chi connectivity index (χ1n) is 13.8. The van der Waals surface area contributed by atoms with Crippen LogP contribution in [-0.2, 0) is 22.6 Å². The van der Waals surface area contributed by atoms with Crippen molar-refractivity contribution in [3.05, 3.63) is 36.0 Å². The maximum absolute atomic E-state index is 13.7. The van der Waals surface area contributed by atoms with Crippen molar-refractivity contribution in [1.29, 1.82) is 0 Å². The molecule has 0 spiro atoms. The summed E-state index contributed by atoms with van der Waals surface area (Å²) in [6, 6.07) is 11.0. The molecule has 0 radical (unpaired) electrons. The third-order valence-electron chi connectivity index (χ3n) is 8.05. The average Bonchev–Trinajstić information content (AvgIpc) is 3.59. The first-order chi connectivity index (χ1) is 16.6. The van der Waals surface area contributed by atoms with Crippen molar-refractivity contribution in [3.8, 4) is 0 Å². The van der Waals surface area contributed by atoms with Gasteiger partial charge in [-0.25, -0.2) is 0 Å². The van der Waals surface area contributed by atoms with Gasteiger partial charge in [0.2, 0.25) is 11.8 Å². The largest absolute Gasteiger partial charge is 0.345 e. The van der Waals surface area contributed by atoms with E-state index in [9.17, 15) is 9.59 Å². The molecule has 34 heavy (non-hydrogen) atoms. The second-order valence-electron chi connectivity index (χ2n) is 10.3. The lowest BCUT2D eigenvalue weighted by atomic mass is 9.96. The minimum atomic E-state index is -0.244. The molecule has 5 nitrogen and oxygen atoms in total. The standard InChI is InChI=1S/C29H43N3O2/c1-4-11-22(12-5-2)28(33)32-20-10-16-27(32)29(34)31-19-9-14-24(31)17-18-25-21-23-13-7-8-15-26(23)30(25)6-3/h7-8,13,15,21-22,24,27H,4-6,9-12,14,16-20H2,1-3H3/t24-,27+/m0/s1. The lowest BCUT2D eigenvalue weighted by Crippen LogP contribution is -2.50. The van der Waals surface area contributed by atoms with Crippen molar-refractivity contribution in [2.45, 2.75) is 104 Å². The topological polar surface area (TPSA) is 45.6 Å². The van der Waals surface area contributed by atoms with Crippen LogP contribution in [-0.4, -0.2) is 51.4 Å². The number of carbonyl (C=O) groups is 2. The summed E-state index contributed by atoms with van der Waals surface area (Å²) in [7, 11) is 0. The third-order valence-corrected chi connectivity index (χ3v) is 8.05. The summed E-state index contributed by atoms with van der Waals surface area (Å²) in [5.74, 6) is 0.507. The molecule has 2 aliphatic rings. The molecule has 4 rings (SSSR count). The molecule has 2 aromatic rings. The Kier molecular flexibility index (Phi) is 8.33. The van der Waals surface area contributed by atoms with Crippen LogP contribution in [0, 0.1) is 5.92 Å². The molecule has 2 aliphatic heterocycles. The van der Waals surface area contributed by atoms with E-state index in [1.807, 2.05) is 4.90 Å². The summed E-state index contributed by atoms with van der Waals surface area (Å²) in [5, 5.41) is 1.30. The lowest BCUT2D eigenvalue weighted by Gasteiger charge is -2.33. The van der Waals surface area contributed by atoms with Crippen LogP contribution in [0.1, 0.15) is 84.3 Å². The SMILES string of the molecule is CCCC(CCC)C(=O)N1CCC[C@@H]1C(=O)N1CCC[C@H]1CCc1cc2ccccc2n1CC. The number of para-hydroxylation sites is 1. The normalized spacial score (nSPS) is 20.7. The summed E-state index contributed by atoms with van der Waals surface area (Å²) >= 11 is 0. The number of likely N-dealkylation sites (tertiary alicyclic amines) is 2. The molecule has 0 bridgehead atoms. The van der Waals surface area contributed by atoms with E-state index in [4.69, 9.17) is 0 Å². The molecule has 0 saturated carbocycles. The van der Waals surface area contributed by atoms with E-state index in [1.54, 1.807) is 0 Å². The maximum atomic E-state index is 13.7. The molecule has 2 atom stereocenters. The molecular formula is C29H43N3O2. The van der Waals surface area contributed by atoms with Crippen molar-refractivity contribution < 1.29 is 9.59 Å². The first kappa shape index (κ1) is 24.8. The van der Waals surface area contributed by atoms with Crippen LogP contribution >= 0.6 is 0 Å². The smallest absolute Gasteiger partial charge is 0.245 e. The van der Waals surface area contributed by atoms with Crippen LogP contribution in [0.3, 0.4) is 0 Å². The number of carbonyl (C=O) groups excluding carboxylic acids is 2. The monoisotopic (exact) mass is 465 g/mol. The van der Waals surface area contributed by atoms with Gasteiger partial charge < -0.3 is 14.4 Å². The number of hydrogen-bond donors (Lipinski definition) is 0.